The Balaban J connectivity index is 0.000000171. The molecule has 0 N–H and O–H groups in total. The third-order valence-corrected chi connectivity index (χ3v) is 3.52. The molecule has 0 nitrogen and oxygen atoms in total. The molecule has 0 spiro atoms. The summed E-state index contributed by atoms with van der Waals surface area (Å²) in [4.78, 5) is 0. The zero-order valence-electron chi connectivity index (χ0n) is 9.68. The van der Waals surface area contributed by atoms with Crippen LogP contribution in [0.2, 0.25) is 15.1 Å². The SMILES string of the molecule is Cc1c(Cl)cccc1Cl.Cc1ccccc1Cl. The molecule has 0 aliphatic heterocycles. The minimum atomic E-state index is 0.725. The molecule has 0 saturated heterocycles. The first-order valence-corrected chi connectivity index (χ1v) is 6.27. The third-order valence-electron chi connectivity index (χ3n) is 2.28. The van der Waals surface area contributed by atoms with Crippen LogP contribution in [0.1, 0.15) is 11.1 Å². The molecular formula is C14H13Cl3. The Kier molecular flexibility index (Phi) is 5.84. The van der Waals surface area contributed by atoms with Crippen molar-refractivity contribution in [3.8, 4) is 0 Å². The average molecular weight is 288 g/mol. The molecule has 0 heterocycles. The predicted octanol–water partition coefficient (Wildman–Crippen LogP) is 5.95. The van der Waals surface area contributed by atoms with Crippen molar-refractivity contribution in [3.05, 3.63) is 68.7 Å². The summed E-state index contributed by atoms with van der Waals surface area (Å²) in [5.74, 6) is 0. The molecule has 0 bridgehead atoms. The van der Waals surface area contributed by atoms with Gasteiger partial charge < -0.3 is 0 Å². The summed E-state index contributed by atoms with van der Waals surface area (Å²) in [6, 6.07) is 13.2. The van der Waals surface area contributed by atoms with Crippen molar-refractivity contribution in [3.63, 3.8) is 0 Å². The van der Waals surface area contributed by atoms with Crippen LogP contribution in [0.5, 0.6) is 0 Å². The van der Waals surface area contributed by atoms with Gasteiger partial charge in [-0.3, -0.25) is 0 Å². The van der Waals surface area contributed by atoms with E-state index in [1.54, 1.807) is 0 Å². The number of hydrogen-bond donors (Lipinski definition) is 0. The third kappa shape index (κ3) is 4.59. The van der Waals surface area contributed by atoms with Crippen molar-refractivity contribution in [1.29, 1.82) is 0 Å². The summed E-state index contributed by atoms with van der Waals surface area (Å²) in [5, 5.41) is 2.29. The number of hydrogen-bond acceptors (Lipinski definition) is 0. The number of rotatable bonds is 0. The molecule has 0 saturated carbocycles. The topological polar surface area (TPSA) is 0 Å². The second kappa shape index (κ2) is 6.90. The minimum Gasteiger partial charge on any atom is -0.0841 e. The second-order valence-corrected chi connectivity index (χ2v) is 4.82. The fraction of sp³-hybridized carbons (Fsp3) is 0.143. The van der Waals surface area contributed by atoms with Gasteiger partial charge in [-0.1, -0.05) is 59.1 Å². The van der Waals surface area contributed by atoms with E-state index in [1.165, 1.54) is 0 Å². The molecule has 0 aliphatic carbocycles. The fourth-order valence-corrected chi connectivity index (χ4v) is 1.67. The van der Waals surface area contributed by atoms with E-state index in [9.17, 15) is 0 Å². The van der Waals surface area contributed by atoms with Gasteiger partial charge in [0.05, 0.1) is 0 Å². The van der Waals surface area contributed by atoms with Gasteiger partial charge in [0.15, 0.2) is 0 Å². The lowest BCUT2D eigenvalue weighted by molar-refractivity contribution is 1.47. The lowest BCUT2D eigenvalue weighted by Gasteiger charge is -1.96. The Morgan fingerprint density at radius 2 is 1.12 bits per heavy atom. The molecule has 0 atom stereocenters. The molecule has 2 aromatic carbocycles. The molecule has 0 amide bonds. The van der Waals surface area contributed by atoms with E-state index in [0.717, 1.165) is 26.2 Å². The highest BCUT2D eigenvalue weighted by atomic mass is 35.5. The maximum atomic E-state index is 5.73. The normalized spacial score (nSPS) is 9.47. The van der Waals surface area contributed by atoms with E-state index in [2.05, 4.69) is 0 Å². The Morgan fingerprint density at radius 1 is 0.647 bits per heavy atom. The first-order valence-electron chi connectivity index (χ1n) is 5.14. The maximum absolute atomic E-state index is 5.73. The average Bonchev–Trinajstić information content (AvgIpc) is 2.31. The fourth-order valence-electron chi connectivity index (χ4n) is 1.13. The lowest BCUT2D eigenvalue weighted by atomic mass is 10.2. The summed E-state index contributed by atoms with van der Waals surface area (Å²) in [7, 11) is 0. The highest BCUT2D eigenvalue weighted by Crippen LogP contribution is 2.22. The van der Waals surface area contributed by atoms with Crippen molar-refractivity contribution >= 4 is 34.8 Å². The van der Waals surface area contributed by atoms with Crippen LogP contribution in [0.15, 0.2) is 42.5 Å². The Bertz CT molecular complexity index is 451. The van der Waals surface area contributed by atoms with E-state index in [0.29, 0.717) is 0 Å². The van der Waals surface area contributed by atoms with Crippen molar-refractivity contribution in [2.75, 3.05) is 0 Å². The highest BCUT2D eigenvalue weighted by molar-refractivity contribution is 6.35. The van der Waals surface area contributed by atoms with Crippen LogP contribution < -0.4 is 0 Å². The Hall–Kier alpha value is -0.690. The lowest BCUT2D eigenvalue weighted by Crippen LogP contribution is -1.73. The van der Waals surface area contributed by atoms with Gasteiger partial charge in [0.1, 0.15) is 0 Å². The summed E-state index contributed by atoms with van der Waals surface area (Å²) in [6.45, 7) is 3.88. The molecule has 0 aromatic heterocycles. The van der Waals surface area contributed by atoms with Crippen LogP contribution in [0.25, 0.3) is 0 Å². The molecule has 17 heavy (non-hydrogen) atoms. The summed E-state index contributed by atoms with van der Waals surface area (Å²) in [6.07, 6.45) is 0. The molecule has 0 unspecified atom stereocenters. The van der Waals surface area contributed by atoms with E-state index in [1.807, 2.05) is 56.3 Å². The van der Waals surface area contributed by atoms with E-state index in [4.69, 9.17) is 34.8 Å². The summed E-state index contributed by atoms with van der Waals surface area (Å²) in [5.41, 5.74) is 2.08. The van der Waals surface area contributed by atoms with Crippen LogP contribution in [0, 0.1) is 13.8 Å². The predicted molar refractivity (Wildman–Crippen MR) is 77.4 cm³/mol. The van der Waals surface area contributed by atoms with Crippen LogP contribution >= 0.6 is 34.8 Å². The van der Waals surface area contributed by atoms with Gasteiger partial charge in [0.2, 0.25) is 0 Å². The minimum absolute atomic E-state index is 0.725. The number of benzene rings is 2. The van der Waals surface area contributed by atoms with Gasteiger partial charge >= 0.3 is 0 Å². The van der Waals surface area contributed by atoms with Crippen molar-refractivity contribution in [2.24, 2.45) is 0 Å². The number of aryl methyl sites for hydroxylation is 1. The molecule has 90 valence electrons. The van der Waals surface area contributed by atoms with Gasteiger partial charge in [0, 0.05) is 15.1 Å². The summed E-state index contributed by atoms with van der Waals surface area (Å²) < 4.78 is 0. The van der Waals surface area contributed by atoms with Crippen LogP contribution in [-0.2, 0) is 0 Å². The molecule has 0 radical (unpaired) electrons. The second-order valence-electron chi connectivity index (χ2n) is 3.60. The molecule has 2 rings (SSSR count). The standard InChI is InChI=1S/C7H6Cl2.C7H7Cl/c1-5-6(8)3-2-4-7(5)9;1-6-4-2-3-5-7(6)8/h2-4H,1H3;2-5H,1H3. The molecule has 2 aromatic rings. The van der Waals surface area contributed by atoms with Crippen molar-refractivity contribution in [1.82, 2.24) is 0 Å². The Labute approximate surface area is 117 Å². The maximum Gasteiger partial charge on any atom is 0.0450 e. The molecule has 0 fully saturated rings. The van der Waals surface area contributed by atoms with Gasteiger partial charge in [-0.25, -0.2) is 0 Å². The molecule has 3 heteroatoms. The first-order chi connectivity index (χ1) is 8.02. The van der Waals surface area contributed by atoms with Gasteiger partial charge in [-0.05, 0) is 43.2 Å². The smallest absolute Gasteiger partial charge is 0.0450 e. The van der Waals surface area contributed by atoms with Crippen LogP contribution in [0.4, 0.5) is 0 Å². The monoisotopic (exact) mass is 286 g/mol. The van der Waals surface area contributed by atoms with Crippen molar-refractivity contribution in [2.45, 2.75) is 13.8 Å². The van der Waals surface area contributed by atoms with E-state index >= 15 is 0 Å². The van der Waals surface area contributed by atoms with Crippen LogP contribution in [-0.4, -0.2) is 0 Å². The quantitative estimate of drug-likeness (QED) is 0.561. The number of halogens is 3. The van der Waals surface area contributed by atoms with Gasteiger partial charge in [-0.15, -0.1) is 0 Å². The first kappa shape index (κ1) is 14.4. The van der Waals surface area contributed by atoms with E-state index in [-0.39, 0.29) is 0 Å². The highest BCUT2D eigenvalue weighted by Gasteiger charge is 1.96. The molecule has 0 aliphatic rings. The largest absolute Gasteiger partial charge is 0.0841 e. The van der Waals surface area contributed by atoms with Crippen molar-refractivity contribution < 1.29 is 0 Å². The van der Waals surface area contributed by atoms with Gasteiger partial charge in [0.25, 0.3) is 0 Å². The zero-order valence-corrected chi connectivity index (χ0v) is 11.9. The summed E-state index contributed by atoms with van der Waals surface area (Å²) >= 11 is 17.2. The van der Waals surface area contributed by atoms with Crippen LogP contribution in [0.3, 0.4) is 0 Å². The molecular weight excluding hydrogens is 275 g/mol. The zero-order chi connectivity index (χ0) is 12.8. The van der Waals surface area contributed by atoms with Gasteiger partial charge in [-0.2, -0.15) is 0 Å². The van der Waals surface area contributed by atoms with E-state index < -0.39 is 0 Å². The Morgan fingerprint density at radius 3 is 1.47 bits per heavy atom.